The van der Waals surface area contributed by atoms with Crippen LogP contribution in [0.3, 0.4) is 0 Å². The lowest BCUT2D eigenvalue weighted by molar-refractivity contribution is -1.04. The summed E-state index contributed by atoms with van der Waals surface area (Å²) >= 11 is 0. The lowest BCUT2D eigenvalue weighted by Gasteiger charge is -2.36. The molecule has 1 fully saturated rings. The van der Waals surface area contributed by atoms with Crippen molar-refractivity contribution in [1.82, 2.24) is 30.0 Å². The average Bonchev–Trinajstić information content (AvgIpc) is 3.56. The minimum Gasteiger partial charge on any atom is -0.361 e. The van der Waals surface area contributed by atoms with Gasteiger partial charge in [0.1, 0.15) is 26.2 Å². The molecule has 2 unspecified atom stereocenters. The van der Waals surface area contributed by atoms with Crippen molar-refractivity contribution in [2.24, 2.45) is 0 Å². The van der Waals surface area contributed by atoms with Gasteiger partial charge >= 0.3 is 5.91 Å². The SMILES string of the molecule is C[N+](O)(Cc1ccccc1)C(=O)CC1CNCCN1CCCc1c[nH]c2ccc(-n3cnnc3)cc12. The molecule has 0 saturated carbocycles. The Balaban J connectivity index is 1.19. The fourth-order valence-electron chi connectivity index (χ4n) is 5.06. The molecule has 3 N–H and O–H groups in total. The van der Waals surface area contributed by atoms with Gasteiger partial charge in [0.05, 0.1) is 6.42 Å². The molecule has 0 spiro atoms. The number of nitrogens with one attached hydrogen (secondary N) is 2. The Labute approximate surface area is 210 Å². The van der Waals surface area contributed by atoms with Crippen molar-refractivity contribution >= 4 is 16.8 Å². The summed E-state index contributed by atoms with van der Waals surface area (Å²) in [4.78, 5) is 18.9. The molecule has 0 bridgehead atoms. The number of aromatic amines is 1. The number of fused-ring (bicyclic) bond motifs is 1. The van der Waals surface area contributed by atoms with Crippen LogP contribution in [-0.4, -0.2) is 79.7 Å². The van der Waals surface area contributed by atoms with E-state index in [9.17, 15) is 10.0 Å². The van der Waals surface area contributed by atoms with E-state index < -0.39 is 4.65 Å². The third-order valence-corrected chi connectivity index (χ3v) is 7.11. The van der Waals surface area contributed by atoms with Gasteiger partial charge in [0.15, 0.2) is 0 Å². The van der Waals surface area contributed by atoms with E-state index in [0.29, 0.717) is 6.42 Å². The van der Waals surface area contributed by atoms with Crippen LogP contribution in [0.2, 0.25) is 0 Å². The normalized spacial score (nSPS) is 18.3. The molecule has 1 amide bonds. The fraction of sp³-hybridized carbons (Fsp3) is 0.370. The Hall–Kier alpha value is -3.37. The molecule has 2 aromatic heterocycles. The number of aryl methyl sites for hydroxylation is 1. The van der Waals surface area contributed by atoms with Crippen molar-refractivity contribution in [2.45, 2.75) is 31.8 Å². The maximum Gasteiger partial charge on any atom is 0.347 e. The Bertz CT molecular complexity index is 1280. The van der Waals surface area contributed by atoms with Crippen molar-refractivity contribution in [3.05, 3.63) is 78.5 Å². The lowest BCUT2D eigenvalue weighted by atomic mass is 10.0. The molecule has 2 atom stereocenters. The van der Waals surface area contributed by atoms with Crippen molar-refractivity contribution in [3.8, 4) is 5.69 Å². The second-order valence-corrected chi connectivity index (χ2v) is 9.79. The highest BCUT2D eigenvalue weighted by atomic mass is 16.6. The minimum absolute atomic E-state index is 0.0786. The summed E-state index contributed by atoms with van der Waals surface area (Å²) in [5, 5.41) is 23.3. The Morgan fingerprint density at radius 1 is 1.17 bits per heavy atom. The van der Waals surface area contributed by atoms with E-state index in [2.05, 4.69) is 49.8 Å². The topological polar surface area (TPSA) is 99.1 Å². The number of rotatable bonds is 9. The molecule has 2 aromatic carbocycles. The van der Waals surface area contributed by atoms with Crippen LogP contribution < -0.4 is 5.32 Å². The number of aromatic nitrogens is 4. The van der Waals surface area contributed by atoms with Crippen molar-refractivity contribution in [2.75, 3.05) is 33.2 Å². The predicted molar refractivity (Wildman–Crippen MR) is 138 cm³/mol. The van der Waals surface area contributed by atoms with E-state index in [1.165, 1.54) is 10.9 Å². The van der Waals surface area contributed by atoms with E-state index in [1.54, 1.807) is 19.7 Å². The third-order valence-electron chi connectivity index (χ3n) is 7.11. The number of hydroxylamine groups is 3. The summed E-state index contributed by atoms with van der Waals surface area (Å²) in [5.74, 6) is -0.157. The van der Waals surface area contributed by atoms with Crippen LogP contribution in [-0.2, 0) is 17.8 Å². The zero-order chi connectivity index (χ0) is 25.0. The van der Waals surface area contributed by atoms with Crippen LogP contribution in [0.4, 0.5) is 0 Å². The second kappa shape index (κ2) is 10.7. The monoisotopic (exact) mass is 488 g/mol. The summed E-state index contributed by atoms with van der Waals surface area (Å²) in [6.45, 7) is 3.75. The number of quaternary nitrogens is 1. The number of piperazine rings is 1. The first-order valence-electron chi connectivity index (χ1n) is 12.5. The van der Waals surface area contributed by atoms with Gasteiger partial charge < -0.3 is 10.3 Å². The van der Waals surface area contributed by atoms with E-state index in [1.807, 2.05) is 34.9 Å². The van der Waals surface area contributed by atoms with Gasteiger partial charge in [-0.3, -0.25) is 9.47 Å². The molecule has 1 saturated heterocycles. The molecule has 5 rings (SSSR count). The van der Waals surface area contributed by atoms with Crippen molar-refractivity contribution in [3.63, 3.8) is 0 Å². The van der Waals surface area contributed by atoms with Gasteiger partial charge in [-0.05, 0) is 43.1 Å². The van der Waals surface area contributed by atoms with Gasteiger partial charge in [-0.1, -0.05) is 30.3 Å². The van der Waals surface area contributed by atoms with Crippen LogP contribution in [0.1, 0.15) is 24.0 Å². The van der Waals surface area contributed by atoms with Gasteiger partial charge in [-0.25, -0.2) is 10.0 Å². The summed E-state index contributed by atoms with van der Waals surface area (Å²) in [5.41, 5.74) is 4.38. The minimum atomic E-state index is -0.627. The molecule has 188 valence electrons. The van der Waals surface area contributed by atoms with Crippen LogP contribution >= 0.6 is 0 Å². The largest absolute Gasteiger partial charge is 0.361 e. The zero-order valence-corrected chi connectivity index (χ0v) is 20.7. The van der Waals surface area contributed by atoms with Gasteiger partial charge in [-0.2, -0.15) is 0 Å². The summed E-state index contributed by atoms with van der Waals surface area (Å²) < 4.78 is 1.28. The van der Waals surface area contributed by atoms with Crippen LogP contribution in [0.15, 0.2) is 67.4 Å². The first-order chi connectivity index (χ1) is 17.5. The molecule has 9 heteroatoms. The smallest absolute Gasteiger partial charge is 0.347 e. The summed E-state index contributed by atoms with van der Waals surface area (Å²) in [6, 6.07) is 16.1. The fourth-order valence-corrected chi connectivity index (χ4v) is 5.06. The molecule has 0 radical (unpaired) electrons. The standard InChI is InChI=1S/C27H34N7O2/c1-34(36,18-21-6-3-2-4-7-21)27(35)15-24-17-28-11-13-32(24)12-5-8-22-16-29-26-10-9-23(14-25(22)26)33-19-30-31-20-33/h2-4,6-7,9-10,14,16,19-20,24,28-29,36H,5,8,11-13,15,17-18H2,1H3/q+1. The third kappa shape index (κ3) is 5.55. The number of amides is 1. The van der Waals surface area contributed by atoms with Gasteiger partial charge in [-0.15, -0.1) is 14.8 Å². The number of H-pyrrole nitrogens is 1. The number of carbonyl (C=O) groups is 1. The highest BCUT2D eigenvalue weighted by Crippen LogP contribution is 2.23. The molecule has 1 aliphatic heterocycles. The van der Waals surface area contributed by atoms with Crippen LogP contribution in [0.25, 0.3) is 16.6 Å². The Morgan fingerprint density at radius 2 is 1.97 bits per heavy atom. The quantitative estimate of drug-likeness (QED) is 0.190. The number of hydrogen-bond acceptors (Lipinski definition) is 6. The van der Waals surface area contributed by atoms with Crippen molar-refractivity contribution in [1.29, 1.82) is 0 Å². The van der Waals surface area contributed by atoms with E-state index >= 15 is 0 Å². The maximum absolute atomic E-state index is 13.1. The maximum atomic E-state index is 13.1. The first kappa shape index (κ1) is 24.3. The lowest BCUT2D eigenvalue weighted by Crippen LogP contribution is -2.55. The number of benzene rings is 2. The molecule has 1 aliphatic rings. The second-order valence-electron chi connectivity index (χ2n) is 9.79. The van der Waals surface area contributed by atoms with Crippen LogP contribution in [0, 0.1) is 0 Å². The highest BCUT2D eigenvalue weighted by Gasteiger charge is 2.35. The van der Waals surface area contributed by atoms with Crippen molar-refractivity contribution < 1.29 is 14.6 Å². The van der Waals surface area contributed by atoms with Gasteiger partial charge in [0.2, 0.25) is 0 Å². The van der Waals surface area contributed by atoms with Gasteiger partial charge in [0.25, 0.3) is 0 Å². The molecule has 3 heterocycles. The number of nitrogens with zero attached hydrogens (tertiary/aromatic N) is 5. The van der Waals surface area contributed by atoms with E-state index in [-0.39, 0.29) is 18.5 Å². The summed E-state index contributed by atoms with van der Waals surface area (Å²) in [7, 11) is 1.58. The Morgan fingerprint density at radius 3 is 2.78 bits per heavy atom. The highest BCUT2D eigenvalue weighted by molar-refractivity contribution is 5.85. The van der Waals surface area contributed by atoms with E-state index in [0.717, 1.165) is 55.8 Å². The summed E-state index contributed by atoms with van der Waals surface area (Å²) in [6.07, 6.45) is 7.76. The van der Waals surface area contributed by atoms with E-state index in [4.69, 9.17) is 0 Å². The zero-order valence-electron chi connectivity index (χ0n) is 20.7. The molecular weight excluding hydrogens is 454 g/mol. The molecule has 0 aliphatic carbocycles. The first-order valence-corrected chi connectivity index (χ1v) is 12.5. The Kier molecular flexibility index (Phi) is 7.24. The molecule has 9 nitrogen and oxygen atoms in total. The molecular formula is C27H34N7O2+. The average molecular weight is 489 g/mol. The molecule has 4 aromatic rings. The van der Waals surface area contributed by atoms with Gasteiger partial charge in [0, 0.05) is 54.0 Å². The number of carbonyl (C=O) groups excluding carboxylic acids is 1. The predicted octanol–water partition coefficient (Wildman–Crippen LogP) is 2.91. The number of hydrogen-bond donors (Lipinski definition) is 3. The molecule has 36 heavy (non-hydrogen) atoms. The van der Waals surface area contributed by atoms with Crippen LogP contribution in [0.5, 0.6) is 0 Å².